The van der Waals surface area contributed by atoms with Gasteiger partial charge in [0, 0.05) is 25.8 Å². The quantitative estimate of drug-likeness (QED) is 0.607. The first-order valence-electron chi connectivity index (χ1n) is 9.98. The number of likely N-dealkylation sites (tertiary alicyclic amines) is 1. The number of nitrogens with zero attached hydrogens (tertiary/aromatic N) is 3. The molecule has 0 amide bonds. The fourth-order valence-corrected chi connectivity index (χ4v) is 3.64. The number of rotatable bonds is 6. The molecule has 3 aromatic rings. The van der Waals surface area contributed by atoms with Crippen molar-refractivity contribution < 1.29 is 9.52 Å². The van der Waals surface area contributed by atoms with E-state index in [0.29, 0.717) is 5.76 Å². The standard InChI is InChI=1S/C22H24N4O4/c27-20-19(21(28)26(22(29)24-20)15-18-7-4-12-30-18)13-23-17-8-10-25(11-9-17)14-16-5-2-1-3-6-16/h1-7,12-13,17,28H,8-11,14-15H2,(H,24,27,29). The van der Waals surface area contributed by atoms with Crippen LogP contribution < -0.4 is 11.2 Å². The fourth-order valence-electron chi connectivity index (χ4n) is 3.64. The molecule has 0 saturated carbocycles. The minimum atomic E-state index is -0.694. The molecule has 0 aliphatic carbocycles. The number of aliphatic imine (C=N–C) groups is 1. The third kappa shape index (κ3) is 4.60. The summed E-state index contributed by atoms with van der Waals surface area (Å²) in [6.45, 7) is 2.76. The number of benzene rings is 1. The number of piperidine rings is 1. The Kier molecular flexibility index (Phi) is 5.94. The van der Waals surface area contributed by atoms with Gasteiger partial charge < -0.3 is 9.52 Å². The van der Waals surface area contributed by atoms with E-state index in [1.54, 1.807) is 12.1 Å². The zero-order chi connectivity index (χ0) is 20.9. The maximum Gasteiger partial charge on any atom is 0.331 e. The summed E-state index contributed by atoms with van der Waals surface area (Å²) in [5.41, 5.74) is -0.0821. The van der Waals surface area contributed by atoms with Crippen molar-refractivity contribution in [2.24, 2.45) is 4.99 Å². The van der Waals surface area contributed by atoms with Gasteiger partial charge in [-0.1, -0.05) is 30.3 Å². The molecule has 1 aliphatic heterocycles. The Balaban J connectivity index is 1.43. The Morgan fingerprint density at radius 1 is 1.10 bits per heavy atom. The lowest BCUT2D eigenvalue weighted by Crippen LogP contribution is -2.35. The van der Waals surface area contributed by atoms with E-state index < -0.39 is 17.1 Å². The highest BCUT2D eigenvalue weighted by molar-refractivity contribution is 5.82. The van der Waals surface area contributed by atoms with Crippen molar-refractivity contribution in [2.75, 3.05) is 13.1 Å². The van der Waals surface area contributed by atoms with Crippen LogP contribution in [0.1, 0.15) is 29.7 Å². The number of aromatic nitrogens is 2. The first-order valence-corrected chi connectivity index (χ1v) is 9.98. The molecule has 1 aromatic carbocycles. The molecule has 1 saturated heterocycles. The third-order valence-electron chi connectivity index (χ3n) is 5.32. The Labute approximate surface area is 173 Å². The van der Waals surface area contributed by atoms with Crippen molar-refractivity contribution in [3.05, 3.63) is 86.5 Å². The Bertz CT molecular complexity index is 1110. The molecule has 0 unspecified atom stereocenters. The lowest BCUT2D eigenvalue weighted by Gasteiger charge is -2.30. The fraction of sp³-hybridized carbons (Fsp3) is 0.318. The van der Waals surface area contributed by atoms with Crippen molar-refractivity contribution in [3.63, 3.8) is 0 Å². The molecule has 0 atom stereocenters. The molecule has 3 heterocycles. The van der Waals surface area contributed by atoms with Crippen molar-refractivity contribution in [1.29, 1.82) is 0 Å². The SMILES string of the molecule is O=c1[nH]c(=O)n(Cc2ccco2)c(O)c1C=NC1CCN(Cc2ccccc2)CC1. The molecule has 0 radical (unpaired) electrons. The summed E-state index contributed by atoms with van der Waals surface area (Å²) >= 11 is 0. The molecule has 30 heavy (non-hydrogen) atoms. The van der Waals surface area contributed by atoms with Crippen LogP contribution in [0.4, 0.5) is 0 Å². The van der Waals surface area contributed by atoms with Crippen molar-refractivity contribution >= 4 is 6.21 Å². The number of H-pyrrole nitrogens is 1. The molecule has 2 aromatic heterocycles. The van der Waals surface area contributed by atoms with Gasteiger partial charge in [-0.05, 0) is 30.5 Å². The van der Waals surface area contributed by atoms with Crippen molar-refractivity contribution in [3.8, 4) is 5.88 Å². The lowest BCUT2D eigenvalue weighted by molar-refractivity contribution is 0.206. The first kappa shape index (κ1) is 19.9. The van der Waals surface area contributed by atoms with Gasteiger partial charge in [-0.25, -0.2) is 4.79 Å². The summed E-state index contributed by atoms with van der Waals surface area (Å²) in [5, 5.41) is 10.5. The third-order valence-corrected chi connectivity index (χ3v) is 5.32. The molecule has 2 N–H and O–H groups in total. The number of furan rings is 1. The molecule has 8 nitrogen and oxygen atoms in total. The monoisotopic (exact) mass is 408 g/mol. The van der Waals surface area contributed by atoms with Crippen LogP contribution in [0.25, 0.3) is 0 Å². The van der Waals surface area contributed by atoms with E-state index in [0.717, 1.165) is 37.0 Å². The highest BCUT2D eigenvalue weighted by Gasteiger charge is 2.19. The lowest BCUT2D eigenvalue weighted by atomic mass is 10.0. The molecular weight excluding hydrogens is 384 g/mol. The maximum atomic E-state index is 12.2. The molecule has 1 aliphatic rings. The second kappa shape index (κ2) is 8.96. The van der Waals surface area contributed by atoms with Crippen LogP contribution in [0, 0.1) is 0 Å². The van der Waals surface area contributed by atoms with Gasteiger partial charge in [-0.2, -0.15) is 0 Å². The van der Waals surface area contributed by atoms with Crippen LogP contribution in [-0.4, -0.2) is 44.9 Å². The van der Waals surface area contributed by atoms with Gasteiger partial charge >= 0.3 is 5.69 Å². The number of hydrogen-bond donors (Lipinski definition) is 2. The van der Waals surface area contributed by atoms with Crippen molar-refractivity contribution in [2.45, 2.75) is 32.0 Å². The summed E-state index contributed by atoms with van der Waals surface area (Å²) in [7, 11) is 0. The highest BCUT2D eigenvalue weighted by atomic mass is 16.3. The molecule has 1 fully saturated rings. The van der Waals surface area contributed by atoms with Crippen LogP contribution in [0.15, 0.2) is 67.7 Å². The van der Waals surface area contributed by atoms with E-state index in [-0.39, 0.29) is 18.2 Å². The van der Waals surface area contributed by atoms with Gasteiger partial charge in [0.2, 0.25) is 5.88 Å². The predicted octanol–water partition coefficient (Wildman–Crippen LogP) is 1.97. The summed E-state index contributed by atoms with van der Waals surface area (Å²) in [4.78, 5) is 33.4. The van der Waals surface area contributed by atoms with Crippen LogP contribution in [0.5, 0.6) is 5.88 Å². The Morgan fingerprint density at radius 2 is 1.87 bits per heavy atom. The Hall–Kier alpha value is -3.39. The first-order chi connectivity index (χ1) is 14.6. The molecule has 0 bridgehead atoms. The van der Waals surface area contributed by atoms with E-state index in [4.69, 9.17) is 4.42 Å². The van der Waals surface area contributed by atoms with Gasteiger partial charge in [0.25, 0.3) is 5.56 Å². The minimum absolute atomic E-state index is 0.0205. The second-order valence-corrected chi connectivity index (χ2v) is 7.43. The van der Waals surface area contributed by atoms with E-state index in [9.17, 15) is 14.7 Å². The molecule has 0 spiro atoms. The largest absolute Gasteiger partial charge is 0.494 e. The van der Waals surface area contributed by atoms with E-state index in [1.165, 1.54) is 18.0 Å². The number of hydrogen-bond acceptors (Lipinski definition) is 6. The van der Waals surface area contributed by atoms with Crippen LogP contribution >= 0.6 is 0 Å². The topological polar surface area (TPSA) is 104 Å². The zero-order valence-electron chi connectivity index (χ0n) is 16.5. The number of aromatic hydroxyl groups is 1. The summed E-state index contributed by atoms with van der Waals surface area (Å²) < 4.78 is 6.28. The predicted molar refractivity (Wildman–Crippen MR) is 113 cm³/mol. The zero-order valence-corrected chi connectivity index (χ0v) is 16.5. The van der Waals surface area contributed by atoms with Crippen molar-refractivity contribution in [1.82, 2.24) is 14.5 Å². The van der Waals surface area contributed by atoms with Crippen LogP contribution in [-0.2, 0) is 13.1 Å². The van der Waals surface area contributed by atoms with E-state index in [1.807, 2.05) is 18.2 Å². The average Bonchev–Trinajstić information content (AvgIpc) is 3.26. The summed E-state index contributed by atoms with van der Waals surface area (Å²) in [6, 6.07) is 13.8. The Morgan fingerprint density at radius 3 is 2.57 bits per heavy atom. The summed E-state index contributed by atoms with van der Waals surface area (Å²) in [6.07, 6.45) is 4.60. The number of nitrogens with one attached hydrogen (secondary N) is 1. The highest BCUT2D eigenvalue weighted by Crippen LogP contribution is 2.17. The minimum Gasteiger partial charge on any atom is -0.494 e. The summed E-state index contributed by atoms with van der Waals surface area (Å²) in [5.74, 6) is 0.0820. The van der Waals surface area contributed by atoms with Crippen LogP contribution in [0.3, 0.4) is 0 Å². The normalized spacial score (nSPS) is 15.7. The van der Waals surface area contributed by atoms with Gasteiger partial charge in [0.15, 0.2) is 0 Å². The average molecular weight is 408 g/mol. The van der Waals surface area contributed by atoms with Gasteiger partial charge in [0.05, 0.1) is 18.8 Å². The van der Waals surface area contributed by atoms with E-state index >= 15 is 0 Å². The second-order valence-electron chi connectivity index (χ2n) is 7.43. The van der Waals surface area contributed by atoms with Gasteiger partial charge in [0.1, 0.15) is 11.3 Å². The van der Waals surface area contributed by atoms with Gasteiger partial charge in [-0.15, -0.1) is 0 Å². The van der Waals surface area contributed by atoms with E-state index in [2.05, 4.69) is 27.0 Å². The smallest absolute Gasteiger partial charge is 0.331 e. The molecular formula is C22H24N4O4. The molecule has 4 rings (SSSR count). The maximum absolute atomic E-state index is 12.2. The molecule has 8 heteroatoms. The number of aromatic amines is 1. The molecule has 156 valence electrons. The van der Waals surface area contributed by atoms with Gasteiger partial charge in [-0.3, -0.25) is 24.2 Å². The van der Waals surface area contributed by atoms with Crippen LogP contribution in [0.2, 0.25) is 0 Å².